The van der Waals surface area contributed by atoms with Crippen molar-refractivity contribution in [3.63, 3.8) is 0 Å². The van der Waals surface area contributed by atoms with Gasteiger partial charge in [-0.2, -0.15) is 0 Å². The fraction of sp³-hybridized carbons (Fsp3) is 0.208. The maximum Gasteiger partial charge on any atom is 0.325 e. The lowest BCUT2D eigenvalue weighted by Crippen LogP contribution is -2.29. The Kier molecular flexibility index (Phi) is 5.33. The van der Waals surface area contributed by atoms with Gasteiger partial charge in [-0.25, -0.2) is 9.78 Å². The van der Waals surface area contributed by atoms with E-state index in [0.717, 1.165) is 18.8 Å². The number of carbonyl (C=O) groups excluding carboxylic acids is 1. The number of rotatable bonds is 5. The molecule has 0 atom stereocenters. The largest absolute Gasteiger partial charge is 0.455 e. The number of nitrogens with zero attached hydrogens (tertiary/aromatic N) is 2. The van der Waals surface area contributed by atoms with E-state index < -0.39 is 0 Å². The molecular formula is C24H23N5O3. The lowest BCUT2D eigenvalue weighted by Gasteiger charge is -2.29. The Morgan fingerprint density at radius 3 is 2.72 bits per heavy atom. The zero-order valence-corrected chi connectivity index (χ0v) is 17.4. The van der Waals surface area contributed by atoms with Gasteiger partial charge in [0.2, 0.25) is 0 Å². The molecule has 0 saturated carbocycles. The number of pyridine rings is 1. The highest BCUT2D eigenvalue weighted by atomic mass is 16.5. The van der Waals surface area contributed by atoms with Gasteiger partial charge in [0, 0.05) is 48.4 Å². The summed E-state index contributed by atoms with van der Waals surface area (Å²) in [5, 5.41) is 2.94. The van der Waals surface area contributed by atoms with Gasteiger partial charge in [-0.3, -0.25) is 9.78 Å². The number of imidazole rings is 1. The number of carbonyl (C=O) groups is 1. The van der Waals surface area contributed by atoms with Crippen LogP contribution < -0.4 is 20.6 Å². The van der Waals surface area contributed by atoms with Crippen molar-refractivity contribution in [1.82, 2.24) is 15.0 Å². The summed E-state index contributed by atoms with van der Waals surface area (Å²) in [6, 6.07) is 16.5. The maximum absolute atomic E-state index is 12.9. The topological polar surface area (TPSA) is 103 Å². The zero-order chi connectivity index (χ0) is 21.9. The van der Waals surface area contributed by atoms with Crippen molar-refractivity contribution in [3.05, 3.63) is 76.8 Å². The number of anilines is 2. The molecule has 32 heavy (non-hydrogen) atoms. The molecule has 8 nitrogen and oxygen atoms in total. The third-order valence-corrected chi connectivity index (χ3v) is 5.53. The molecule has 1 aliphatic rings. The number of benzene rings is 2. The van der Waals surface area contributed by atoms with Crippen LogP contribution in [0.2, 0.25) is 0 Å². The highest BCUT2D eigenvalue weighted by Crippen LogP contribution is 2.28. The molecule has 8 heteroatoms. The van der Waals surface area contributed by atoms with Gasteiger partial charge >= 0.3 is 5.69 Å². The van der Waals surface area contributed by atoms with Crippen LogP contribution >= 0.6 is 0 Å². The molecule has 1 amide bonds. The highest BCUT2D eigenvalue weighted by Gasteiger charge is 2.14. The van der Waals surface area contributed by atoms with E-state index in [0.29, 0.717) is 33.9 Å². The summed E-state index contributed by atoms with van der Waals surface area (Å²) < 4.78 is 5.94. The molecule has 3 heterocycles. The van der Waals surface area contributed by atoms with Crippen LogP contribution in [0.15, 0.2) is 65.6 Å². The fourth-order valence-corrected chi connectivity index (χ4v) is 3.96. The van der Waals surface area contributed by atoms with E-state index in [2.05, 4.69) is 31.2 Å². The lowest BCUT2D eigenvalue weighted by molar-refractivity contribution is 0.102. The maximum atomic E-state index is 12.9. The molecule has 3 N–H and O–H groups in total. The first kappa shape index (κ1) is 19.9. The van der Waals surface area contributed by atoms with Gasteiger partial charge in [-0.15, -0.1) is 0 Å². The molecule has 0 unspecified atom stereocenters. The van der Waals surface area contributed by atoms with Crippen LogP contribution in [0.5, 0.6) is 11.5 Å². The Balaban J connectivity index is 1.32. The van der Waals surface area contributed by atoms with E-state index in [4.69, 9.17) is 4.74 Å². The summed E-state index contributed by atoms with van der Waals surface area (Å²) in [5.41, 5.74) is 2.86. The number of piperidine rings is 1. The fourth-order valence-electron chi connectivity index (χ4n) is 3.96. The Hall–Kier alpha value is -4.07. The minimum Gasteiger partial charge on any atom is -0.455 e. The third-order valence-electron chi connectivity index (χ3n) is 5.53. The average Bonchev–Trinajstić information content (AvgIpc) is 3.21. The van der Waals surface area contributed by atoms with Crippen molar-refractivity contribution < 1.29 is 9.53 Å². The number of fused-ring (bicyclic) bond motifs is 1. The quantitative estimate of drug-likeness (QED) is 0.439. The predicted octanol–water partition coefficient (Wildman–Crippen LogP) is 4.29. The summed E-state index contributed by atoms with van der Waals surface area (Å²) in [6.07, 6.45) is 5.19. The van der Waals surface area contributed by atoms with Crippen molar-refractivity contribution in [2.24, 2.45) is 0 Å². The number of hydrogen-bond acceptors (Lipinski definition) is 5. The minimum absolute atomic E-state index is 0.178. The van der Waals surface area contributed by atoms with Gasteiger partial charge in [0.15, 0.2) is 11.4 Å². The van der Waals surface area contributed by atoms with Gasteiger partial charge in [0.1, 0.15) is 11.3 Å². The molecule has 2 aromatic heterocycles. The van der Waals surface area contributed by atoms with Crippen molar-refractivity contribution in [3.8, 4) is 11.5 Å². The molecule has 0 radical (unpaired) electrons. The van der Waals surface area contributed by atoms with Crippen LogP contribution in [-0.4, -0.2) is 33.9 Å². The molecule has 1 aliphatic heterocycles. The molecule has 0 aliphatic carbocycles. The third kappa shape index (κ3) is 4.20. The number of amides is 1. The van der Waals surface area contributed by atoms with Crippen molar-refractivity contribution >= 4 is 28.4 Å². The number of ether oxygens (including phenoxy) is 1. The molecule has 1 fully saturated rings. The molecular weight excluding hydrogens is 406 g/mol. The van der Waals surface area contributed by atoms with E-state index in [9.17, 15) is 9.59 Å². The molecule has 162 valence electrons. The summed E-state index contributed by atoms with van der Waals surface area (Å²) in [7, 11) is 0. The highest BCUT2D eigenvalue weighted by molar-refractivity contribution is 6.04. The average molecular weight is 429 g/mol. The molecule has 5 rings (SSSR count). The second-order valence-corrected chi connectivity index (χ2v) is 7.79. The molecule has 0 spiro atoms. The van der Waals surface area contributed by atoms with E-state index in [1.165, 1.54) is 19.3 Å². The number of H-pyrrole nitrogens is 2. The molecule has 1 saturated heterocycles. The van der Waals surface area contributed by atoms with Crippen LogP contribution in [-0.2, 0) is 0 Å². The molecule has 4 aromatic rings. The summed E-state index contributed by atoms with van der Waals surface area (Å²) in [4.78, 5) is 36.2. The summed E-state index contributed by atoms with van der Waals surface area (Å²) >= 11 is 0. The Labute approximate surface area is 184 Å². The van der Waals surface area contributed by atoms with Gasteiger partial charge in [0.05, 0.1) is 0 Å². The number of hydrogen-bond donors (Lipinski definition) is 3. The van der Waals surface area contributed by atoms with Crippen molar-refractivity contribution in [2.45, 2.75) is 19.3 Å². The summed E-state index contributed by atoms with van der Waals surface area (Å²) in [5.74, 6) is 0.813. The second kappa shape index (κ2) is 8.58. The Bertz CT molecular complexity index is 1320. The smallest absolute Gasteiger partial charge is 0.325 e. The van der Waals surface area contributed by atoms with E-state index in [1.54, 1.807) is 36.5 Å². The van der Waals surface area contributed by atoms with Crippen LogP contribution in [0.3, 0.4) is 0 Å². The van der Waals surface area contributed by atoms with Crippen molar-refractivity contribution in [1.29, 1.82) is 0 Å². The van der Waals surface area contributed by atoms with Gasteiger partial charge in [-0.1, -0.05) is 12.1 Å². The second-order valence-electron chi connectivity index (χ2n) is 7.79. The Morgan fingerprint density at radius 1 is 1.00 bits per heavy atom. The minimum atomic E-state index is -0.351. The van der Waals surface area contributed by atoms with Crippen LogP contribution in [0.4, 0.5) is 11.4 Å². The Morgan fingerprint density at radius 2 is 1.84 bits per heavy atom. The first-order chi connectivity index (χ1) is 15.7. The van der Waals surface area contributed by atoms with Crippen LogP contribution in [0.25, 0.3) is 11.2 Å². The standard InChI is InChI=1S/C24H23N5O3/c30-23(16-6-4-8-18(14-16)29-12-2-1-3-13-29)26-17-7-5-9-19(15-17)32-20-10-11-25-22-21(20)27-24(31)28-22/h4-11,14-15H,1-3,12-13H2,(H,26,30)(H2,25,27,28,31). The molecule has 2 aromatic carbocycles. The van der Waals surface area contributed by atoms with E-state index in [1.807, 2.05) is 18.2 Å². The van der Waals surface area contributed by atoms with Crippen LogP contribution in [0, 0.1) is 0 Å². The van der Waals surface area contributed by atoms with E-state index >= 15 is 0 Å². The monoisotopic (exact) mass is 429 g/mol. The first-order valence-corrected chi connectivity index (χ1v) is 10.7. The summed E-state index contributed by atoms with van der Waals surface area (Å²) in [6.45, 7) is 2.05. The van der Waals surface area contributed by atoms with Gasteiger partial charge < -0.3 is 19.9 Å². The predicted molar refractivity (Wildman–Crippen MR) is 124 cm³/mol. The zero-order valence-electron chi connectivity index (χ0n) is 17.4. The van der Waals surface area contributed by atoms with Gasteiger partial charge in [-0.05, 0) is 49.6 Å². The normalized spacial score (nSPS) is 13.8. The first-order valence-electron chi connectivity index (χ1n) is 10.7. The number of aromatic nitrogens is 3. The van der Waals surface area contributed by atoms with Crippen LogP contribution in [0.1, 0.15) is 29.6 Å². The van der Waals surface area contributed by atoms with Crippen molar-refractivity contribution in [2.75, 3.05) is 23.3 Å². The van der Waals surface area contributed by atoms with Gasteiger partial charge in [0.25, 0.3) is 5.91 Å². The number of aromatic amines is 2. The van der Waals surface area contributed by atoms with E-state index in [-0.39, 0.29) is 11.6 Å². The number of nitrogens with one attached hydrogen (secondary N) is 3. The lowest BCUT2D eigenvalue weighted by atomic mass is 10.1. The SMILES string of the molecule is O=C(Nc1cccc(Oc2ccnc3[nH]c(=O)[nH]c23)c1)c1cccc(N2CCCCC2)c1. The molecule has 0 bridgehead atoms.